The largest absolute Gasteiger partial charge is 0.285 e. The molecule has 2 nitrogen and oxygen atoms in total. The Labute approximate surface area is 81.2 Å². The molecule has 2 aliphatic heterocycles. The molecular formula is C11H20N2. The first-order chi connectivity index (χ1) is 6.42. The van der Waals surface area contributed by atoms with Gasteiger partial charge in [0.05, 0.1) is 6.17 Å². The molecular weight excluding hydrogens is 160 g/mol. The van der Waals surface area contributed by atoms with Crippen molar-refractivity contribution >= 4 is 0 Å². The van der Waals surface area contributed by atoms with Crippen LogP contribution in [0, 0.1) is 0 Å². The van der Waals surface area contributed by atoms with Crippen LogP contribution in [0.2, 0.25) is 0 Å². The van der Waals surface area contributed by atoms with E-state index in [1.54, 1.807) is 0 Å². The van der Waals surface area contributed by atoms with E-state index in [2.05, 4.69) is 22.5 Å². The van der Waals surface area contributed by atoms with Crippen molar-refractivity contribution in [3.63, 3.8) is 0 Å². The summed E-state index contributed by atoms with van der Waals surface area (Å²) in [6.07, 6.45) is 8.19. The van der Waals surface area contributed by atoms with Gasteiger partial charge in [0.1, 0.15) is 0 Å². The number of hydrogen-bond acceptors (Lipinski definition) is 2. The maximum Gasteiger partial charge on any atom is 0.0812 e. The maximum absolute atomic E-state index is 3.96. The van der Waals surface area contributed by atoms with Crippen LogP contribution in [0.3, 0.4) is 0 Å². The molecule has 0 aliphatic carbocycles. The molecule has 2 aliphatic rings. The van der Waals surface area contributed by atoms with Crippen LogP contribution in [0.4, 0.5) is 0 Å². The van der Waals surface area contributed by atoms with Gasteiger partial charge in [-0.05, 0) is 32.4 Å². The second-order valence-electron chi connectivity index (χ2n) is 4.14. The first kappa shape index (κ1) is 9.22. The molecule has 0 aromatic heterocycles. The summed E-state index contributed by atoms with van der Waals surface area (Å²) >= 11 is 0. The monoisotopic (exact) mass is 180 g/mol. The lowest BCUT2D eigenvalue weighted by Gasteiger charge is -2.44. The number of piperidine rings is 1. The molecule has 0 amide bonds. The van der Waals surface area contributed by atoms with Gasteiger partial charge in [0.2, 0.25) is 0 Å². The van der Waals surface area contributed by atoms with Crippen molar-refractivity contribution in [1.82, 2.24) is 9.80 Å². The SMILES string of the molecule is C=CC(N1CCCCC1)N1CCC1. The molecule has 2 heteroatoms. The van der Waals surface area contributed by atoms with Gasteiger partial charge in [-0.25, -0.2) is 0 Å². The van der Waals surface area contributed by atoms with Gasteiger partial charge in [-0.2, -0.15) is 0 Å². The average Bonchev–Trinajstić information content (AvgIpc) is 2.12. The lowest BCUT2D eigenvalue weighted by atomic mass is 10.1. The molecule has 1 unspecified atom stereocenters. The average molecular weight is 180 g/mol. The van der Waals surface area contributed by atoms with Crippen molar-refractivity contribution < 1.29 is 0 Å². The van der Waals surface area contributed by atoms with Gasteiger partial charge in [-0.1, -0.05) is 12.5 Å². The van der Waals surface area contributed by atoms with Crippen molar-refractivity contribution in [3.8, 4) is 0 Å². The van der Waals surface area contributed by atoms with E-state index in [-0.39, 0.29) is 0 Å². The fourth-order valence-electron chi connectivity index (χ4n) is 2.32. The van der Waals surface area contributed by atoms with Crippen LogP contribution >= 0.6 is 0 Å². The molecule has 13 heavy (non-hydrogen) atoms. The van der Waals surface area contributed by atoms with E-state index < -0.39 is 0 Å². The van der Waals surface area contributed by atoms with Crippen LogP contribution in [0.25, 0.3) is 0 Å². The third kappa shape index (κ3) is 1.94. The second kappa shape index (κ2) is 4.25. The molecule has 1 atom stereocenters. The Hall–Kier alpha value is -0.340. The van der Waals surface area contributed by atoms with E-state index in [1.807, 2.05) is 0 Å². The summed E-state index contributed by atoms with van der Waals surface area (Å²) in [5.41, 5.74) is 0. The summed E-state index contributed by atoms with van der Waals surface area (Å²) in [6.45, 7) is 9.04. The van der Waals surface area contributed by atoms with Gasteiger partial charge < -0.3 is 0 Å². The van der Waals surface area contributed by atoms with Crippen molar-refractivity contribution in [2.75, 3.05) is 26.2 Å². The highest BCUT2D eigenvalue weighted by Gasteiger charge is 2.27. The predicted molar refractivity (Wildman–Crippen MR) is 55.6 cm³/mol. The van der Waals surface area contributed by atoms with E-state index in [9.17, 15) is 0 Å². The highest BCUT2D eigenvalue weighted by atomic mass is 15.4. The summed E-state index contributed by atoms with van der Waals surface area (Å²) in [6, 6.07) is 0. The van der Waals surface area contributed by atoms with Crippen molar-refractivity contribution in [1.29, 1.82) is 0 Å². The first-order valence-electron chi connectivity index (χ1n) is 5.52. The zero-order valence-corrected chi connectivity index (χ0v) is 8.41. The molecule has 2 saturated heterocycles. The predicted octanol–water partition coefficient (Wildman–Crippen LogP) is 1.69. The standard InChI is InChI=1S/C11H20N2/c1-2-11(13-9-6-10-13)12-7-4-3-5-8-12/h2,11H,1,3-10H2. The third-order valence-corrected chi connectivity index (χ3v) is 3.24. The molecule has 74 valence electrons. The quantitative estimate of drug-likeness (QED) is 0.610. The Balaban J connectivity index is 1.89. The molecule has 0 bridgehead atoms. The third-order valence-electron chi connectivity index (χ3n) is 3.24. The molecule has 0 N–H and O–H groups in total. The van der Waals surface area contributed by atoms with Crippen molar-refractivity contribution in [2.24, 2.45) is 0 Å². The van der Waals surface area contributed by atoms with Crippen LogP contribution in [0.5, 0.6) is 0 Å². The lowest BCUT2D eigenvalue weighted by molar-refractivity contribution is 0.0213. The summed E-state index contributed by atoms with van der Waals surface area (Å²) in [5.74, 6) is 0. The number of nitrogens with zero attached hydrogens (tertiary/aromatic N) is 2. The molecule has 0 saturated carbocycles. The Morgan fingerprint density at radius 2 is 1.38 bits per heavy atom. The van der Waals surface area contributed by atoms with Crippen LogP contribution in [-0.4, -0.2) is 42.1 Å². The minimum absolute atomic E-state index is 0.536. The van der Waals surface area contributed by atoms with Crippen LogP contribution in [-0.2, 0) is 0 Å². The molecule has 0 aromatic carbocycles. The van der Waals surface area contributed by atoms with E-state index in [0.717, 1.165) is 0 Å². The number of hydrogen-bond donors (Lipinski definition) is 0. The van der Waals surface area contributed by atoms with Crippen molar-refractivity contribution in [2.45, 2.75) is 31.8 Å². The summed E-state index contributed by atoms with van der Waals surface area (Å²) in [4.78, 5) is 5.11. The highest BCUT2D eigenvalue weighted by Crippen LogP contribution is 2.19. The number of rotatable bonds is 3. The minimum atomic E-state index is 0.536. The summed E-state index contributed by atoms with van der Waals surface area (Å²) in [7, 11) is 0. The molecule has 2 heterocycles. The van der Waals surface area contributed by atoms with E-state index in [0.29, 0.717) is 6.17 Å². The first-order valence-corrected chi connectivity index (χ1v) is 5.52. The fourth-order valence-corrected chi connectivity index (χ4v) is 2.32. The zero-order chi connectivity index (χ0) is 9.10. The van der Waals surface area contributed by atoms with Gasteiger partial charge in [0.15, 0.2) is 0 Å². The Bertz CT molecular complexity index is 169. The normalized spacial score (nSPS) is 28.0. The molecule has 0 aromatic rings. The molecule has 2 rings (SSSR count). The van der Waals surface area contributed by atoms with E-state index in [1.165, 1.54) is 51.9 Å². The van der Waals surface area contributed by atoms with Crippen molar-refractivity contribution in [3.05, 3.63) is 12.7 Å². The van der Waals surface area contributed by atoms with Gasteiger partial charge in [-0.15, -0.1) is 6.58 Å². The zero-order valence-electron chi connectivity index (χ0n) is 8.41. The summed E-state index contributed by atoms with van der Waals surface area (Å²) in [5, 5.41) is 0. The Morgan fingerprint density at radius 1 is 0.846 bits per heavy atom. The van der Waals surface area contributed by atoms with E-state index in [4.69, 9.17) is 0 Å². The fraction of sp³-hybridized carbons (Fsp3) is 0.818. The highest BCUT2D eigenvalue weighted by molar-refractivity contribution is 4.92. The lowest BCUT2D eigenvalue weighted by Crippen LogP contribution is -2.54. The van der Waals surface area contributed by atoms with Crippen LogP contribution in [0.1, 0.15) is 25.7 Å². The minimum Gasteiger partial charge on any atom is -0.285 e. The smallest absolute Gasteiger partial charge is 0.0812 e. The maximum atomic E-state index is 3.96. The van der Waals surface area contributed by atoms with Gasteiger partial charge in [-0.3, -0.25) is 9.80 Å². The molecule has 0 spiro atoms. The molecule has 0 radical (unpaired) electrons. The van der Waals surface area contributed by atoms with Gasteiger partial charge in [0, 0.05) is 13.1 Å². The van der Waals surface area contributed by atoms with Crippen LogP contribution < -0.4 is 0 Å². The molecule has 2 fully saturated rings. The van der Waals surface area contributed by atoms with Crippen LogP contribution in [0.15, 0.2) is 12.7 Å². The van der Waals surface area contributed by atoms with Gasteiger partial charge >= 0.3 is 0 Å². The second-order valence-corrected chi connectivity index (χ2v) is 4.14. The van der Waals surface area contributed by atoms with E-state index >= 15 is 0 Å². The summed E-state index contributed by atoms with van der Waals surface area (Å²) < 4.78 is 0. The topological polar surface area (TPSA) is 6.48 Å². The van der Waals surface area contributed by atoms with Gasteiger partial charge in [0.25, 0.3) is 0 Å². The Kier molecular flexibility index (Phi) is 3.01. The Morgan fingerprint density at radius 3 is 1.77 bits per heavy atom. The number of likely N-dealkylation sites (tertiary alicyclic amines) is 2.